The Hall–Kier alpha value is -1.99. The van der Waals surface area contributed by atoms with E-state index in [1.165, 1.54) is 30.4 Å². The van der Waals surface area contributed by atoms with Crippen LogP contribution in [-0.4, -0.2) is 82.9 Å². The van der Waals surface area contributed by atoms with Crippen molar-refractivity contribution in [3.8, 4) is 0 Å². The smallest absolute Gasteiger partial charge is 0.326 e. The van der Waals surface area contributed by atoms with Crippen LogP contribution >= 0.6 is 23.5 Å². The fourth-order valence-electron chi connectivity index (χ4n) is 2.40. The maximum absolute atomic E-state index is 12.8. The van der Waals surface area contributed by atoms with Gasteiger partial charge in [-0.3, -0.25) is 19.2 Å². The van der Waals surface area contributed by atoms with Crippen molar-refractivity contribution in [1.29, 1.82) is 0 Å². The number of amides is 4. The predicted molar refractivity (Wildman–Crippen MR) is 122 cm³/mol. The van der Waals surface area contributed by atoms with Crippen molar-refractivity contribution in [2.24, 2.45) is 11.5 Å². The first kappa shape index (κ1) is 29.0. The molecule has 4 unspecified atom stereocenters. The lowest BCUT2D eigenvalue weighted by Gasteiger charge is -2.24. The number of hydrogen-bond donors (Lipinski definition) is 6. The van der Waals surface area contributed by atoms with Gasteiger partial charge in [0.15, 0.2) is 0 Å². The number of carboxylic acids is 1. The van der Waals surface area contributed by atoms with Crippen LogP contribution < -0.4 is 27.4 Å². The Balaban J connectivity index is 5.32. The summed E-state index contributed by atoms with van der Waals surface area (Å²) in [6, 6.07) is -4.03. The number of thioether (sulfide) groups is 2. The monoisotopic (exact) mass is 479 g/mol. The molecule has 0 aliphatic rings. The summed E-state index contributed by atoms with van der Waals surface area (Å²) >= 11 is 2.95. The molecule has 0 heterocycles. The molecule has 8 N–H and O–H groups in total. The second-order valence-corrected chi connectivity index (χ2v) is 8.85. The first-order chi connectivity index (χ1) is 14.5. The van der Waals surface area contributed by atoms with Crippen molar-refractivity contribution in [3.05, 3.63) is 0 Å². The molecule has 178 valence electrons. The molecule has 0 aromatic heterocycles. The molecule has 0 radical (unpaired) electrons. The van der Waals surface area contributed by atoms with Crippen molar-refractivity contribution in [2.75, 3.05) is 24.0 Å². The van der Waals surface area contributed by atoms with E-state index in [1.807, 2.05) is 12.5 Å². The van der Waals surface area contributed by atoms with Crippen LogP contribution in [0.5, 0.6) is 0 Å². The van der Waals surface area contributed by atoms with E-state index >= 15 is 0 Å². The van der Waals surface area contributed by atoms with Gasteiger partial charge in [-0.2, -0.15) is 23.5 Å². The van der Waals surface area contributed by atoms with Gasteiger partial charge in [0.25, 0.3) is 0 Å². The first-order valence-electron chi connectivity index (χ1n) is 9.69. The second kappa shape index (κ2) is 15.8. The molecule has 31 heavy (non-hydrogen) atoms. The Bertz CT molecular complexity index is 635. The molecule has 0 aromatic rings. The Morgan fingerprint density at radius 2 is 1.23 bits per heavy atom. The van der Waals surface area contributed by atoms with Crippen LogP contribution in [0.1, 0.15) is 32.6 Å². The summed E-state index contributed by atoms with van der Waals surface area (Å²) < 4.78 is 0. The summed E-state index contributed by atoms with van der Waals surface area (Å²) in [5.74, 6) is -2.63. The molecule has 0 spiro atoms. The minimum absolute atomic E-state index is 0.166. The summed E-state index contributed by atoms with van der Waals surface area (Å²) in [6.07, 6.45) is 3.89. The molecule has 4 atom stereocenters. The molecule has 0 bridgehead atoms. The minimum Gasteiger partial charge on any atom is -0.480 e. The highest BCUT2D eigenvalue weighted by atomic mass is 32.2. The SMILES string of the molecule is CSCCC(NC(=O)C(C)N)C(=O)NC(CCSC)C(=O)NC(CCC(N)=O)C(=O)O. The Morgan fingerprint density at radius 3 is 1.58 bits per heavy atom. The fraction of sp³-hybridized carbons (Fsp3) is 0.722. The van der Waals surface area contributed by atoms with Crippen molar-refractivity contribution in [2.45, 2.75) is 56.8 Å². The summed E-state index contributed by atoms with van der Waals surface area (Å²) in [7, 11) is 0. The third kappa shape index (κ3) is 12.5. The molecule has 0 aliphatic heterocycles. The number of carboxylic acid groups (broad SMARTS) is 1. The third-order valence-electron chi connectivity index (χ3n) is 4.19. The molecule has 0 rings (SSSR count). The van der Waals surface area contributed by atoms with Crippen molar-refractivity contribution in [1.82, 2.24) is 16.0 Å². The lowest BCUT2D eigenvalue weighted by atomic mass is 10.1. The zero-order valence-electron chi connectivity index (χ0n) is 18.0. The summed E-state index contributed by atoms with van der Waals surface area (Å²) in [4.78, 5) is 59.8. The van der Waals surface area contributed by atoms with E-state index in [0.717, 1.165) is 0 Å². The fourth-order valence-corrected chi connectivity index (χ4v) is 3.34. The van der Waals surface area contributed by atoms with Crippen LogP contribution in [0.2, 0.25) is 0 Å². The largest absolute Gasteiger partial charge is 0.480 e. The van der Waals surface area contributed by atoms with Crippen molar-refractivity contribution >= 4 is 53.1 Å². The van der Waals surface area contributed by atoms with Gasteiger partial charge in [-0.15, -0.1) is 0 Å². The zero-order valence-corrected chi connectivity index (χ0v) is 19.6. The molecular weight excluding hydrogens is 446 g/mol. The van der Waals surface area contributed by atoms with Crippen LogP contribution in [0.3, 0.4) is 0 Å². The van der Waals surface area contributed by atoms with Gasteiger partial charge in [0, 0.05) is 6.42 Å². The van der Waals surface area contributed by atoms with Gasteiger partial charge in [-0.05, 0) is 50.2 Å². The van der Waals surface area contributed by atoms with E-state index in [1.54, 1.807) is 0 Å². The Labute approximate surface area is 190 Å². The van der Waals surface area contributed by atoms with Crippen molar-refractivity contribution in [3.63, 3.8) is 0 Å². The lowest BCUT2D eigenvalue weighted by Crippen LogP contribution is -2.57. The first-order valence-corrected chi connectivity index (χ1v) is 12.5. The average molecular weight is 480 g/mol. The number of carbonyl (C=O) groups is 5. The van der Waals surface area contributed by atoms with Crippen LogP contribution in [0.15, 0.2) is 0 Å². The maximum Gasteiger partial charge on any atom is 0.326 e. The third-order valence-corrected chi connectivity index (χ3v) is 5.48. The van der Waals surface area contributed by atoms with Gasteiger partial charge < -0.3 is 32.5 Å². The van der Waals surface area contributed by atoms with Crippen LogP contribution in [-0.2, 0) is 24.0 Å². The predicted octanol–water partition coefficient (Wildman–Crippen LogP) is -1.36. The molecule has 0 saturated carbocycles. The van der Waals surface area contributed by atoms with Gasteiger partial charge in [-0.1, -0.05) is 0 Å². The number of rotatable bonds is 16. The highest BCUT2D eigenvalue weighted by Crippen LogP contribution is 2.07. The summed E-state index contributed by atoms with van der Waals surface area (Å²) in [5.41, 5.74) is 10.6. The van der Waals surface area contributed by atoms with Gasteiger partial charge in [0.2, 0.25) is 23.6 Å². The normalized spacial score (nSPS) is 14.6. The number of nitrogens with two attached hydrogens (primary N) is 2. The van der Waals surface area contributed by atoms with Crippen LogP contribution in [0.25, 0.3) is 0 Å². The zero-order chi connectivity index (χ0) is 24.0. The summed E-state index contributed by atoms with van der Waals surface area (Å²) in [5, 5.41) is 16.8. The molecule has 0 aliphatic carbocycles. The molecule has 0 aromatic carbocycles. The number of primary amides is 1. The molecule has 0 fully saturated rings. The topological polar surface area (TPSA) is 194 Å². The van der Waals surface area contributed by atoms with Crippen LogP contribution in [0.4, 0.5) is 0 Å². The van der Waals surface area contributed by atoms with E-state index in [-0.39, 0.29) is 19.3 Å². The van der Waals surface area contributed by atoms with Crippen molar-refractivity contribution < 1.29 is 29.1 Å². The maximum atomic E-state index is 12.8. The Kier molecular flexibility index (Phi) is 14.7. The van der Waals surface area contributed by atoms with Gasteiger partial charge >= 0.3 is 5.97 Å². The molecule has 11 nitrogen and oxygen atoms in total. The van der Waals surface area contributed by atoms with E-state index in [4.69, 9.17) is 11.5 Å². The van der Waals surface area contributed by atoms with E-state index in [2.05, 4.69) is 16.0 Å². The number of hydrogen-bond acceptors (Lipinski definition) is 8. The highest BCUT2D eigenvalue weighted by molar-refractivity contribution is 7.98. The van der Waals surface area contributed by atoms with E-state index in [0.29, 0.717) is 17.9 Å². The number of nitrogens with one attached hydrogen (secondary N) is 3. The minimum atomic E-state index is -1.32. The van der Waals surface area contributed by atoms with E-state index < -0.39 is 53.8 Å². The van der Waals surface area contributed by atoms with Gasteiger partial charge in [0.05, 0.1) is 6.04 Å². The average Bonchev–Trinajstić information content (AvgIpc) is 2.70. The molecule has 13 heteroatoms. The molecular formula is C18H33N5O6S2. The van der Waals surface area contributed by atoms with Gasteiger partial charge in [-0.25, -0.2) is 4.79 Å². The number of carbonyl (C=O) groups excluding carboxylic acids is 4. The number of aliphatic carboxylic acids is 1. The Morgan fingerprint density at radius 1 is 0.806 bits per heavy atom. The quantitative estimate of drug-likeness (QED) is 0.155. The highest BCUT2D eigenvalue weighted by Gasteiger charge is 2.29. The lowest BCUT2D eigenvalue weighted by molar-refractivity contribution is -0.142. The standard InChI is InChI=1S/C18H33N5O6S2/c1-10(19)15(25)21-11(6-8-30-2)16(26)22-12(7-9-31-3)17(27)23-13(18(28)29)4-5-14(20)24/h10-13H,4-9,19H2,1-3H3,(H2,20,24)(H,21,25)(H,22,26)(H,23,27)(H,28,29). The van der Waals surface area contributed by atoms with Crippen LogP contribution in [0, 0.1) is 0 Å². The summed E-state index contributed by atoms with van der Waals surface area (Å²) in [6.45, 7) is 1.49. The second-order valence-electron chi connectivity index (χ2n) is 6.88. The molecule has 0 saturated heterocycles. The van der Waals surface area contributed by atoms with Gasteiger partial charge in [0.1, 0.15) is 18.1 Å². The van der Waals surface area contributed by atoms with E-state index in [9.17, 15) is 29.1 Å². The molecule has 4 amide bonds.